The fraction of sp³-hybridized carbons (Fsp3) is 0.235. The number of halogens is 3. The molecule has 0 heterocycles. The van der Waals surface area contributed by atoms with Crippen LogP contribution in [0, 0.1) is 0 Å². The molecule has 0 spiro atoms. The van der Waals surface area contributed by atoms with Gasteiger partial charge in [-0.3, -0.25) is 9.00 Å². The molecular weight excluding hydrogens is 353 g/mol. The lowest BCUT2D eigenvalue weighted by atomic mass is 10.1. The van der Waals surface area contributed by atoms with E-state index < -0.39 is 28.4 Å². The van der Waals surface area contributed by atoms with Gasteiger partial charge in [-0.15, -0.1) is 0 Å². The van der Waals surface area contributed by atoms with Crippen molar-refractivity contribution < 1.29 is 22.2 Å². The van der Waals surface area contributed by atoms with Crippen molar-refractivity contribution in [1.29, 1.82) is 0 Å². The largest absolute Gasteiger partial charge is 0.416 e. The Bertz CT molecular complexity index is 807. The second-order valence-electron chi connectivity index (χ2n) is 5.22. The van der Waals surface area contributed by atoms with Crippen LogP contribution in [0.15, 0.2) is 47.4 Å². The predicted molar refractivity (Wildman–Crippen MR) is 90.4 cm³/mol. The lowest BCUT2D eigenvalue weighted by molar-refractivity contribution is -0.137. The summed E-state index contributed by atoms with van der Waals surface area (Å²) in [5, 5.41) is 2.53. The van der Waals surface area contributed by atoms with E-state index in [1.807, 2.05) is 0 Å². The molecule has 2 aromatic rings. The number of carbonyl (C=O) groups is 1. The lowest BCUT2D eigenvalue weighted by Crippen LogP contribution is -2.25. The van der Waals surface area contributed by atoms with Gasteiger partial charge in [-0.25, -0.2) is 0 Å². The summed E-state index contributed by atoms with van der Waals surface area (Å²) in [4.78, 5) is 12.8. The molecule has 134 valence electrons. The van der Waals surface area contributed by atoms with E-state index in [0.717, 1.165) is 18.2 Å². The molecule has 0 aliphatic carbocycles. The van der Waals surface area contributed by atoms with E-state index in [1.54, 1.807) is 31.2 Å². The first-order chi connectivity index (χ1) is 11.7. The van der Waals surface area contributed by atoms with Crippen molar-refractivity contribution >= 4 is 22.4 Å². The Balaban J connectivity index is 2.21. The van der Waals surface area contributed by atoms with Crippen LogP contribution in [0.4, 0.5) is 18.9 Å². The number of benzene rings is 2. The zero-order valence-electron chi connectivity index (χ0n) is 13.4. The summed E-state index contributed by atoms with van der Waals surface area (Å²) in [6.07, 6.45) is -4.56. The molecule has 0 saturated heterocycles. The quantitative estimate of drug-likeness (QED) is 0.793. The zero-order chi connectivity index (χ0) is 18.6. The molecule has 1 amide bonds. The van der Waals surface area contributed by atoms with E-state index in [0.29, 0.717) is 16.2 Å². The highest BCUT2D eigenvalue weighted by molar-refractivity contribution is 7.85. The second-order valence-corrected chi connectivity index (χ2v) is 6.93. The summed E-state index contributed by atoms with van der Waals surface area (Å²) in [6, 6.07) is 9.47. The van der Waals surface area contributed by atoms with Crippen molar-refractivity contribution in [3.05, 3.63) is 59.2 Å². The van der Waals surface area contributed by atoms with Crippen LogP contribution in [0.5, 0.6) is 0 Å². The molecule has 1 atom stereocenters. The number of hydrogen-bond acceptors (Lipinski definition) is 3. The summed E-state index contributed by atoms with van der Waals surface area (Å²) in [7, 11) is -1.21. The van der Waals surface area contributed by atoms with Gasteiger partial charge in [-0.05, 0) is 29.8 Å². The van der Waals surface area contributed by atoms with Gasteiger partial charge in [0.15, 0.2) is 0 Å². The van der Waals surface area contributed by atoms with Gasteiger partial charge < -0.3 is 11.1 Å². The normalized spacial score (nSPS) is 12.6. The molecule has 0 aliphatic rings. The number of carbonyl (C=O) groups excluding carboxylic acids is 1. The van der Waals surface area contributed by atoms with Gasteiger partial charge in [-0.1, -0.05) is 25.1 Å². The lowest BCUT2D eigenvalue weighted by Gasteiger charge is -2.13. The number of nitrogens with one attached hydrogen (secondary N) is 1. The maximum Gasteiger partial charge on any atom is 0.416 e. The second kappa shape index (κ2) is 7.69. The number of rotatable bonds is 5. The van der Waals surface area contributed by atoms with Crippen LogP contribution in [0.2, 0.25) is 0 Å². The van der Waals surface area contributed by atoms with Crippen LogP contribution < -0.4 is 11.1 Å². The third-order valence-electron chi connectivity index (χ3n) is 3.54. The Labute approximate surface area is 145 Å². The molecule has 0 bridgehead atoms. The summed E-state index contributed by atoms with van der Waals surface area (Å²) in [5.41, 5.74) is 5.03. The molecule has 4 nitrogen and oxygen atoms in total. The average molecular weight is 370 g/mol. The van der Waals surface area contributed by atoms with Gasteiger partial charge >= 0.3 is 6.18 Å². The van der Waals surface area contributed by atoms with Gasteiger partial charge in [0.2, 0.25) is 0 Å². The predicted octanol–water partition coefficient (Wildman–Crippen LogP) is 3.35. The minimum Gasteiger partial charge on any atom is -0.398 e. The average Bonchev–Trinajstić information content (AvgIpc) is 2.58. The first-order valence-electron chi connectivity index (χ1n) is 7.45. The molecule has 3 N–H and O–H groups in total. The Morgan fingerprint density at radius 2 is 1.88 bits per heavy atom. The van der Waals surface area contributed by atoms with Crippen molar-refractivity contribution in [2.45, 2.75) is 24.5 Å². The Morgan fingerprint density at radius 1 is 1.20 bits per heavy atom. The van der Waals surface area contributed by atoms with Gasteiger partial charge in [0.1, 0.15) is 0 Å². The topological polar surface area (TPSA) is 72.2 Å². The van der Waals surface area contributed by atoms with Gasteiger partial charge in [-0.2, -0.15) is 13.2 Å². The maximum atomic E-state index is 12.8. The van der Waals surface area contributed by atoms with E-state index in [2.05, 4.69) is 5.32 Å². The van der Waals surface area contributed by atoms with Crippen LogP contribution >= 0.6 is 0 Å². The van der Waals surface area contributed by atoms with E-state index in [9.17, 15) is 22.2 Å². The summed E-state index contributed by atoms with van der Waals surface area (Å²) >= 11 is 0. The molecule has 25 heavy (non-hydrogen) atoms. The van der Waals surface area contributed by atoms with E-state index in [-0.39, 0.29) is 17.8 Å². The number of nitrogen functional groups attached to an aromatic ring is 1. The molecule has 1 unspecified atom stereocenters. The van der Waals surface area contributed by atoms with Gasteiger partial charge in [0.25, 0.3) is 5.91 Å². The van der Waals surface area contributed by atoms with Gasteiger partial charge in [0, 0.05) is 22.9 Å². The van der Waals surface area contributed by atoms with Gasteiger partial charge in [0.05, 0.1) is 21.9 Å². The van der Waals surface area contributed by atoms with Crippen LogP contribution in [0.3, 0.4) is 0 Å². The molecule has 0 aromatic heterocycles. The minimum absolute atomic E-state index is 0.0381. The monoisotopic (exact) mass is 370 g/mol. The molecule has 0 radical (unpaired) electrons. The van der Waals surface area contributed by atoms with Crippen molar-refractivity contribution in [3.63, 3.8) is 0 Å². The first kappa shape index (κ1) is 19.0. The molecular formula is C17H17F3N2O2S. The summed E-state index contributed by atoms with van der Waals surface area (Å²) in [6.45, 7) is 1.81. The molecule has 0 saturated carbocycles. The van der Waals surface area contributed by atoms with Crippen molar-refractivity contribution in [2.24, 2.45) is 0 Å². The Morgan fingerprint density at radius 3 is 2.52 bits per heavy atom. The summed E-state index contributed by atoms with van der Waals surface area (Å²) < 4.78 is 50.4. The Hall–Kier alpha value is -2.35. The van der Waals surface area contributed by atoms with Crippen molar-refractivity contribution in [3.8, 4) is 0 Å². The fourth-order valence-corrected chi connectivity index (χ4v) is 3.20. The third-order valence-corrected chi connectivity index (χ3v) is 4.96. The van der Waals surface area contributed by atoms with Crippen molar-refractivity contribution in [2.75, 3.05) is 11.5 Å². The number of alkyl halides is 3. The molecule has 2 aromatic carbocycles. The standard InChI is InChI=1S/C17H17F3N2O2S/c1-2-25(24)15-6-4-3-5-11(15)10-22-16(23)13-9-12(17(18,19)20)7-8-14(13)21/h3-9H,2,10,21H2,1H3,(H,22,23). The number of anilines is 1. The van der Waals surface area contributed by atoms with Crippen LogP contribution in [-0.2, 0) is 23.5 Å². The molecule has 8 heteroatoms. The highest BCUT2D eigenvalue weighted by Gasteiger charge is 2.31. The maximum absolute atomic E-state index is 12.8. The van der Waals surface area contributed by atoms with Crippen LogP contribution in [0.1, 0.15) is 28.4 Å². The minimum atomic E-state index is -4.56. The fourth-order valence-electron chi connectivity index (χ4n) is 2.23. The molecule has 0 aliphatic heterocycles. The number of nitrogens with two attached hydrogens (primary N) is 1. The van der Waals surface area contributed by atoms with Crippen LogP contribution in [-0.4, -0.2) is 15.9 Å². The van der Waals surface area contributed by atoms with E-state index in [1.165, 1.54) is 0 Å². The smallest absolute Gasteiger partial charge is 0.398 e. The highest BCUT2D eigenvalue weighted by Crippen LogP contribution is 2.31. The SMILES string of the molecule is CCS(=O)c1ccccc1CNC(=O)c1cc(C(F)(F)F)ccc1N. The van der Waals surface area contributed by atoms with Crippen LogP contribution in [0.25, 0.3) is 0 Å². The third kappa shape index (κ3) is 4.60. The Kier molecular flexibility index (Phi) is 5.84. The van der Waals surface area contributed by atoms with E-state index in [4.69, 9.17) is 5.73 Å². The zero-order valence-corrected chi connectivity index (χ0v) is 14.2. The number of amides is 1. The first-order valence-corrected chi connectivity index (χ1v) is 8.77. The number of hydrogen-bond donors (Lipinski definition) is 2. The molecule has 0 fully saturated rings. The highest BCUT2D eigenvalue weighted by atomic mass is 32.2. The summed E-state index contributed by atoms with van der Waals surface area (Å²) in [5.74, 6) is -0.299. The molecule has 2 rings (SSSR count). The van der Waals surface area contributed by atoms with Crippen molar-refractivity contribution in [1.82, 2.24) is 5.32 Å². The van der Waals surface area contributed by atoms with E-state index >= 15 is 0 Å².